The van der Waals surface area contributed by atoms with Crippen LogP contribution in [0.3, 0.4) is 0 Å². The second kappa shape index (κ2) is 5.19. The Morgan fingerprint density at radius 1 is 1.38 bits per heavy atom. The van der Waals surface area contributed by atoms with E-state index >= 15 is 0 Å². The van der Waals surface area contributed by atoms with Crippen molar-refractivity contribution in [2.75, 3.05) is 6.54 Å². The first-order chi connectivity index (χ1) is 10.0. The van der Waals surface area contributed by atoms with Crippen molar-refractivity contribution < 1.29 is 4.79 Å². The largest absolute Gasteiger partial charge is 0.351 e. The van der Waals surface area contributed by atoms with Gasteiger partial charge in [0, 0.05) is 19.0 Å². The van der Waals surface area contributed by atoms with Gasteiger partial charge in [-0.15, -0.1) is 0 Å². The fraction of sp³-hybridized carbons (Fsp3) is 0.375. The van der Waals surface area contributed by atoms with Crippen LogP contribution in [0.2, 0.25) is 5.15 Å². The monoisotopic (exact) mass is 303 g/mol. The summed E-state index contributed by atoms with van der Waals surface area (Å²) in [5.74, 6) is -0.146. The molecule has 0 saturated heterocycles. The predicted molar refractivity (Wildman–Crippen MR) is 82.6 cm³/mol. The minimum atomic E-state index is -0.146. The molecule has 1 aliphatic rings. The lowest BCUT2D eigenvalue weighted by Crippen LogP contribution is -2.32. The smallest absolute Gasteiger partial charge is 0.256 e. The lowest BCUT2D eigenvalue weighted by molar-refractivity contribution is 0.0949. The van der Waals surface area contributed by atoms with Gasteiger partial charge < -0.3 is 5.32 Å². The number of amides is 1. The quantitative estimate of drug-likeness (QED) is 0.944. The fourth-order valence-corrected chi connectivity index (χ4v) is 3.00. The molecule has 1 aliphatic carbocycles. The Morgan fingerprint density at radius 3 is 2.57 bits per heavy atom. The third-order valence-corrected chi connectivity index (χ3v) is 4.64. The minimum Gasteiger partial charge on any atom is -0.351 e. The molecule has 1 aromatic heterocycles. The molecule has 0 radical (unpaired) electrons. The van der Waals surface area contributed by atoms with Crippen molar-refractivity contribution in [3.05, 3.63) is 52.3 Å². The van der Waals surface area contributed by atoms with E-state index in [0.717, 1.165) is 12.8 Å². The van der Waals surface area contributed by atoms with Crippen LogP contribution >= 0.6 is 11.6 Å². The molecule has 4 nitrogen and oxygen atoms in total. The van der Waals surface area contributed by atoms with Crippen LogP contribution < -0.4 is 5.32 Å². The van der Waals surface area contributed by atoms with Crippen molar-refractivity contribution >= 4 is 17.5 Å². The lowest BCUT2D eigenvalue weighted by Gasteiger charge is -2.16. The van der Waals surface area contributed by atoms with Crippen molar-refractivity contribution in [2.24, 2.45) is 7.05 Å². The summed E-state index contributed by atoms with van der Waals surface area (Å²) in [4.78, 5) is 12.4. The zero-order valence-corrected chi connectivity index (χ0v) is 12.9. The average molecular weight is 304 g/mol. The Hall–Kier alpha value is -1.81. The van der Waals surface area contributed by atoms with Crippen LogP contribution in [0.25, 0.3) is 0 Å². The number of nitrogens with one attached hydrogen (secondary N) is 1. The van der Waals surface area contributed by atoms with Crippen molar-refractivity contribution in [2.45, 2.75) is 25.2 Å². The van der Waals surface area contributed by atoms with E-state index in [2.05, 4.69) is 22.5 Å². The van der Waals surface area contributed by atoms with Gasteiger partial charge in [0.15, 0.2) is 0 Å². The molecule has 0 aliphatic heterocycles. The summed E-state index contributed by atoms with van der Waals surface area (Å²) in [6.07, 6.45) is 2.22. The third-order valence-electron chi connectivity index (χ3n) is 4.21. The first-order valence-electron chi connectivity index (χ1n) is 7.06. The Labute approximate surface area is 129 Å². The van der Waals surface area contributed by atoms with Gasteiger partial charge in [0.05, 0.1) is 11.3 Å². The van der Waals surface area contributed by atoms with Crippen LogP contribution in [-0.2, 0) is 12.5 Å². The number of aryl methyl sites for hydroxylation is 2. The highest BCUT2D eigenvalue weighted by Crippen LogP contribution is 2.47. The zero-order chi connectivity index (χ0) is 15.0. The summed E-state index contributed by atoms with van der Waals surface area (Å²) in [7, 11) is 1.73. The summed E-state index contributed by atoms with van der Waals surface area (Å²) in [6, 6.07) is 10.3. The van der Waals surface area contributed by atoms with Gasteiger partial charge in [-0.2, -0.15) is 5.10 Å². The number of halogens is 1. The average Bonchev–Trinajstić information content (AvgIpc) is 3.22. The van der Waals surface area contributed by atoms with Gasteiger partial charge in [-0.1, -0.05) is 41.9 Å². The number of rotatable bonds is 4. The molecule has 0 unspecified atom stereocenters. The van der Waals surface area contributed by atoms with Crippen molar-refractivity contribution in [1.82, 2.24) is 15.1 Å². The maximum Gasteiger partial charge on any atom is 0.256 e. The number of carbonyl (C=O) groups is 1. The summed E-state index contributed by atoms with van der Waals surface area (Å²) in [6.45, 7) is 2.44. The third kappa shape index (κ3) is 2.56. The molecule has 0 bridgehead atoms. The number of benzene rings is 1. The van der Waals surface area contributed by atoms with Crippen molar-refractivity contribution in [3.63, 3.8) is 0 Å². The molecule has 5 heteroatoms. The molecule has 1 fully saturated rings. The molecule has 21 heavy (non-hydrogen) atoms. The number of hydrogen-bond acceptors (Lipinski definition) is 2. The highest BCUT2D eigenvalue weighted by molar-refractivity contribution is 6.33. The van der Waals surface area contributed by atoms with Gasteiger partial charge in [0.2, 0.25) is 0 Å². The van der Waals surface area contributed by atoms with Crippen LogP contribution in [0, 0.1) is 6.92 Å². The van der Waals surface area contributed by atoms with E-state index in [9.17, 15) is 4.79 Å². The molecule has 1 aromatic carbocycles. The van der Waals surface area contributed by atoms with E-state index in [4.69, 9.17) is 11.6 Å². The second-order valence-corrected chi connectivity index (χ2v) is 6.06. The molecule has 1 saturated carbocycles. The lowest BCUT2D eigenvalue weighted by atomic mass is 9.96. The molecule has 110 valence electrons. The van der Waals surface area contributed by atoms with E-state index in [1.807, 2.05) is 18.2 Å². The van der Waals surface area contributed by atoms with Crippen LogP contribution in [-0.4, -0.2) is 22.2 Å². The molecule has 1 heterocycles. The van der Waals surface area contributed by atoms with E-state index in [1.54, 1.807) is 14.0 Å². The van der Waals surface area contributed by atoms with Crippen molar-refractivity contribution in [3.8, 4) is 0 Å². The van der Waals surface area contributed by atoms with Crippen LogP contribution in [0.15, 0.2) is 30.3 Å². The minimum absolute atomic E-state index is 0.0967. The summed E-state index contributed by atoms with van der Waals surface area (Å²) in [5, 5.41) is 7.58. The van der Waals surface area contributed by atoms with Crippen LogP contribution in [0.5, 0.6) is 0 Å². The van der Waals surface area contributed by atoms with Crippen LogP contribution in [0.1, 0.15) is 34.5 Å². The molecular weight excluding hydrogens is 286 g/mol. The fourth-order valence-electron chi connectivity index (χ4n) is 2.74. The normalized spacial score (nSPS) is 15.8. The van der Waals surface area contributed by atoms with E-state index in [-0.39, 0.29) is 11.3 Å². The molecule has 3 rings (SSSR count). The van der Waals surface area contributed by atoms with Gasteiger partial charge in [-0.3, -0.25) is 9.48 Å². The van der Waals surface area contributed by atoms with Crippen LogP contribution in [0.4, 0.5) is 0 Å². The van der Waals surface area contributed by atoms with Gasteiger partial charge >= 0.3 is 0 Å². The number of carbonyl (C=O) groups excluding carboxylic acids is 1. The molecule has 1 amide bonds. The predicted octanol–water partition coefficient (Wildman–Crippen LogP) is 2.84. The molecule has 1 N–H and O–H groups in total. The Balaban J connectivity index is 1.72. The van der Waals surface area contributed by atoms with E-state index < -0.39 is 0 Å². The Kier molecular flexibility index (Phi) is 3.49. The van der Waals surface area contributed by atoms with E-state index in [1.165, 1.54) is 10.2 Å². The van der Waals surface area contributed by atoms with E-state index in [0.29, 0.717) is 23.0 Å². The standard InChI is InChI=1S/C16H18ClN3O/c1-11-13(14(17)20(2)19-11)15(21)18-10-16(8-9-16)12-6-4-3-5-7-12/h3-7H,8-10H2,1-2H3,(H,18,21). The van der Waals surface area contributed by atoms with Gasteiger partial charge in [-0.25, -0.2) is 0 Å². The highest BCUT2D eigenvalue weighted by Gasteiger charge is 2.44. The molecule has 0 spiro atoms. The van der Waals surface area contributed by atoms with Gasteiger partial charge in [0.1, 0.15) is 5.15 Å². The zero-order valence-electron chi connectivity index (χ0n) is 12.2. The summed E-state index contributed by atoms with van der Waals surface area (Å²) < 4.78 is 1.52. The first-order valence-corrected chi connectivity index (χ1v) is 7.44. The molecular formula is C16H18ClN3O. The highest BCUT2D eigenvalue weighted by atomic mass is 35.5. The maximum atomic E-state index is 12.4. The second-order valence-electron chi connectivity index (χ2n) is 5.70. The SMILES string of the molecule is Cc1nn(C)c(Cl)c1C(=O)NCC1(c2ccccc2)CC1. The van der Waals surface area contributed by atoms with Gasteiger partial charge in [0.25, 0.3) is 5.91 Å². The molecule has 0 atom stereocenters. The number of hydrogen-bond donors (Lipinski definition) is 1. The maximum absolute atomic E-state index is 12.4. The summed E-state index contributed by atoms with van der Waals surface area (Å²) >= 11 is 6.13. The topological polar surface area (TPSA) is 46.9 Å². The summed E-state index contributed by atoms with van der Waals surface area (Å²) in [5.41, 5.74) is 2.52. The van der Waals surface area contributed by atoms with Gasteiger partial charge in [-0.05, 0) is 25.3 Å². The Bertz CT molecular complexity index is 674. The number of aromatic nitrogens is 2. The number of nitrogens with zero attached hydrogens (tertiary/aromatic N) is 2. The molecule has 2 aromatic rings. The first kappa shape index (κ1) is 14.1. The Morgan fingerprint density at radius 2 is 2.05 bits per heavy atom. The van der Waals surface area contributed by atoms with Crippen molar-refractivity contribution in [1.29, 1.82) is 0 Å².